The number of nitrogens with zero attached hydrogens (tertiary/aromatic N) is 1. The Balaban J connectivity index is 1.80. The Morgan fingerprint density at radius 2 is 1.56 bits per heavy atom. The van der Waals surface area contributed by atoms with Crippen LogP contribution in [0.25, 0.3) is 5.57 Å². The van der Waals surface area contributed by atoms with Gasteiger partial charge in [0, 0.05) is 5.69 Å². The van der Waals surface area contributed by atoms with Gasteiger partial charge < -0.3 is 5.32 Å². The van der Waals surface area contributed by atoms with Gasteiger partial charge in [0.05, 0.1) is 12.1 Å². The highest BCUT2D eigenvalue weighted by Crippen LogP contribution is 2.34. The molecule has 2 amide bonds. The molecular weight excluding hydrogens is 403 g/mol. The topological polar surface area (TPSA) is 49.4 Å². The third kappa shape index (κ3) is 3.94. The van der Waals surface area contributed by atoms with E-state index in [0.717, 1.165) is 33.5 Å². The van der Waals surface area contributed by atoms with Crippen LogP contribution in [0.15, 0.2) is 66.4 Å². The molecule has 5 heteroatoms. The van der Waals surface area contributed by atoms with Crippen molar-refractivity contribution in [2.45, 2.75) is 34.2 Å². The number of benzene rings is 3. The SMILES string of the molecule is Cc1ccc(C2=C(Nc3cccc(C)c3C)C(=O)N(Cc3ccc(F)cc3)C2=O)c(C)c1. The van der Waals surface area contributed by atoms with Gasteiger partial charge in [0.2, 0.25) is 0 Å². The number of imide groups is 1. The molecule has 4 nitrogen and oxygen atoms in total. The molecule has 4 rings (SSSR count). The van der Waals surface area contributed by atoms with Crippen molar-refractivity contribution in [1.82, 2.24) is 4.90 Å². The number of nitrogens with one attached hydrogen (secondary N) is 1. The van der Waals surface area contributed by atoms with Crippen molar-refractivity contribution in [2.24, 2.45) is 0 Å². The number of carbonyl (C=O) groups is 2. The Morgan fingerprint density at radius 1 is 0.844 bits per heavy atom. The predicted molar refractivity (Wildman–Crippen MR) is 124 cm³/mol. The van der Waals surface area contributed by atoms with Crippen LogP contribution < -0.4 is 5.32 Å². The molecule has 0 saturated heterocycles. The van der Waals surface area contributed by atoms with Gasteiger partial charge in [0.25, 0.3) is 11.8 Å². The van der Waals surface area contributed by atoms with E-state index in [-0.39, 0.29) is 24.0 Å². The van der Waals surface area contributed by atoms with Crippen LogP contribution in [0.3, 0.4) is 0 Å². The van der Waals surface area contributed by atoms with Gasteiger partial charge in [-0.15, -0.1) is 0 Å². The van der Waals surface area contributed by atoms with E-state index in [9.17, 15) is 14.0 Å². The summed E-state index contributed by atoms with van der Waals surface area (Å²) in [5.74, 6) is -1.12. The Hall–Kier alpha value is -3.73. The Kier molecular flexibility index (Phi) is 5.66. The van der Waals surface area contributed by atoms with Crippen molar-refractivity contribution in [2.75, 3.05) is 5.32 Å². The fourth-order valence-corrected chi connectivity index (χ4v) is 3.97. The number of amides is 2. The number of halogens is 1. The molecule has 0 radical (unpaired) electrons. The summed E-state index contributed by atoms with van der Waals surface area (Å²) in [4.78, 5) is 28.2. The molecule has 1 aliphatic rings. The maximum Gasteiger partial charge on any atom is 0.278 e. The number of aryl methyl sites for hydroxylation is 3. The zero-order chi connectivity index (χ0) is 23.0. The number of anilines is 1. The summed E-state index contributed by atoms with van der Waals surface area (Å²) in [6, 6.07) is 17.5. The number of hydrogen-bond acceptors (Lipinski definition) is 3. The lowest BCUT2D eigenvalue weighted by molar-refractivity contribution is -0.137. The maximum absolute atomic E-state index is 13.5. The van der Waals surface area contributed by atoms with Crippen molar-refractivity contribution in [3.8, 4) is 0 Å². The molecule has 0 fully saturated rings. The van der Waals surface area contributed by atoms with Crippen molar-refractivity contribution in [1.29, 1.82) is 0 Å². The zero-order valence-corrected chi connectivity index (χ0v) is 18.6. The Bertz CT molecular complexity index is 1260. The minimum Gasteiger partial charge on any atom is -0.350 e. The number of carbonyl (C=O) groups excluding carboxylic acids is 2. The molecule has 0 unspecified atom stereocenters. The first kappa shape index (κ1) is 21.5. The van der Waals surface area contributed by atoms with E-state index in [2.05, 4.69) is 5.32 Å². The van der Waals surface area contributed by atoms with Gasteiger partial charge in [-0.3, -0.25) is 14.5 Å². The molecule has 1 heterocycles. The summed E-state index contributed by atoms with van der Waals surface area (Å²) in [6.45, 7) is 7.98. The second-order valence-corrected chi connectivity index (χ2v) is 8.26. The van der Waals surface area contributed by atoms with Crippen LogP contribution in [0, 0.1) is 33.5 Å². The Labute approximate surface area is 187 Å². The first-order chi connectivity index (χ1) is 15.3. The van der Waals surface area contributed by atoms with Gasteiger partial charge in [-0.2, -0.15) is 0 Å². The van der Waals surface area contributed by atoms with Gasteiger partial charge in [-0.05, 0) is 73.7 Å². The molecule has 32 heavy (non-hydrogen) atoms. The lowest BCUT2D eigenvalue weighted by atomic mass is 9.97. The molecule has 1 N–H and O–H groups in total. The molecule has 0 atom stereocenters. The molecule has 3 aromatic rings. The van der Waals surface area contributed by atoms with Crippen LogP contribution in [-0.2, 0) is 16.1 Å². The summed E-state index contributed by atoms with van der Waals surface area (Å²) in [6.07, 6.45) is 0. The standard InChI is InChI=1S/C27H25FN2O2/c1-16-8-13-22(18(3)14-16)24-25(29-23-7-5-6-17(2)19(23)4)27(32)30(26(24)31)15-20-9-11-21(28)12-10-20/h5-14,29H,15H2,1-4H3. The monoisotopic (exact) mass is 428 g/mol. The lowest BCUT2D eigenvalue weighted by Gasteiger charge is -2.16. The maximum atomic E-state index is 13.5. The van der Waals surface area contributed by atoms with E-state index in [1.807, 2.05) is 64.1 Å². The summed E-state index contributed by atoms with van der Waals surface area (Å²) in [7, 11) is 0. The number of hydrogen-bond donors (Lipinski definition) is 1. The van der Waals surface area contributed by atoms with Crippen LogP contribution >= 0.6 is 0 Å². The first-order valence-corrected chi connectivity index (χ1v) is 10.5. The third-order valence-electron chi connectivity index (χ3n) is 5.94. The van der Waals surface area contributed by atoms with E-state index in [1.165, 1.54) is 17.0 Å². The van der Waals surface area contributed by atoms with Crippen molar-refractivity contribution in [3.63, 3.8) is 0 Å². The van der Waals surface area contributed by atoms with Crippen LogP contribution in [0.2, 0.25) is 0 Å². The molecule has 0 bridgehead atoms. The molecular formula is C27H25FN2O2. The normalized spacial score (nSPS) is 13.8. The molecule has 0 aromatic heterocycles. The van der Waals surface area contributed by atoms with Crippen molar-refractivity contribution < 1.29 is 14.0 Å². The molecule has 1 aliphatic heterocycles. The highest BCUT2D eigenvalue weighted by molar-refractivity contribution is 6.36. The fourth-order valence-electron chi connectivity index (χ4n) is 3.97. The average Bonchev–Trinajstić information content (AvgIpc) is 2.97. The quantitative estimate of drug-likeness (QED) is 0.550. The first-order valence-electron chi connectivity index (χ1n) is 10.5. The predicted octanol–water partition coefficient (Wildman–Crippen LogP) is 5.45. The molecule has 3 aromatic carbocycles. The smallest absolute Gasteiger partial charge is 0.278 e. The van der Waals surface area contributed by atoms with E-state index < -0.39 is 5.91 Å². The van der Waals surface area contributed by atoms with Gasteiger partial charge in [0.1, 0.15) is 11.5 Å². The van der Waals surface area contributed by atoms with Crippen LogP contribution in [0.1, 0.15) is 33.4 Å². The summed E-state index contributed by atoms with van der Waals surface area (Å²) < 4.78 is 13.3. The van der Waals surface area contributed by atoms with E-state index in [1.54, 1.807) is 12.1 Å². The van der Waals surface area contributed by atoms with Crippen molar-refractivity contribution in [3.05, 3.63) is 106 Å². The molecule has 0 aliphatic carbocycles. The largest absolute Gasteiger partial charge is 0.350 e. The third-order valence-corrected chi connectivity index (χ3v) is 5.94. The lowest BCUT2D eigenvalue weighted by Crippen LogP contribution is -2.32. The summed E-state index contributed by atoms with van der Waals surface area (Å²) in [5, 5.41) is 3.25. The molecule has 162 valence electrons. The highest BCUT2D eigenvalue weighted by atomic mass is 19.1. The van der Waals surface area contributed by atoms with Gasteiger partial charge >= 0.3 is 0 Å². The van der Waals surface area contributed by atoms with Crippen molar-refractivity contribution >= 4 is 23.1 Å². The minimum absolute atomic E-state index is 0.0737. The molecule has 0 saturated carbocycles. The van der Waals surface area contributed by atoms with Gasteiger partial charge in [0.15, 0.2) is 0 Å². The summed E-state index contributed by atoms with van der Waals surface area (Å²) >= 11 is 0. The number of rotatable bonds is 5. The zero-order valence-electron chi connectivity index (χ0n) is 18.6. The van der Waals surface area contributed by atoms with Crippen LogP contribution in [0.5, 0.6) is 0 Å². The average molecular weight is 429 g/mol. The van der Waals surface area contributed by atoms with E-state index in [0.29, 0.717) is 11.1 Å². The highest BCUT2D eigenvalue weighted by Gasteiger charge is 2.39. The van der Waals surface area contributed by atoms with E-state index in [4.69, 9.17) is 0 Å². The summed E-state index contributed by atoms with van der Waals surface area (Å²) in [5.41, 5.74) is 6.91. The van der Waals surface area contributed by atoms with Gasteiger partial charge in [-0.25, -0.2) is 4.39 Å². The van der Waals surface area contributed by atoms with Gasteiger partial charge in [-0.1, -0.05) is 48.0 Å². The fraction of sp³-hybridized carbons (Fsp3) is 0.185. The molecule has 0 spiro atoms. The van der Waals surface area contributed by atoms with E-state index >= 15 is 0 Å². The van der Waals surface area contributed by atoms with Crippen LogP contribution in [0.4, 0.5) is 10.1 Å². The van der Waals surface area contributed by atoms with Crippen LogP contribution in [-0.4, -0.2) is 16.7 Å². The second kappa shape index (κ2) is 8.42. The minimum atomic E-state index is -0.393. The second-order valence-electron chi connectivity index (χ2n) is 8.26. The Morgan fingerprint density at radius 3 is 2.25 bits per heavy atom.